The van der Waals surface area contributed by atoms with Gasteiger partial charge in [-0.2, -0.15) is 26.3 Å². The van der Waals surface area contributed by atoms with Gasteiger partial charge in [0.15, 0.2) is 22.6 Å². The zero-order chi connectivity index (χ0) is 46.3. The molecule has 0 saturated heterocycles. The third-order valence-corrected chi connectivity index (χ3v) is 10.8. The molecule has 67 heavy (non-hydrogen) atoms. The Kier molecular flexibility index (Phi) is 17.6. The molecule has 0 amide bonds. The predicted molar refractivity (Wildman–Crippen MR) is 234 cm³/mol. The number of ether oxygens (including phenoxy) is 2. The van der Waals surface area contributed by atoms with Gasteiger partial charge < -0.3 is 43.1 Å². The van der Waals surface area contributed by atoms with Crippen molar-refractivity contribution in [3.8, 4) is 11.5 Å². The first-order valence-electron chi connectivity index (χ1n) is 21.1. The van der Waals surface area contributed by atoms with Crippen molar-refractivity contribution < 1.29 is 89.8 Å². The largest absolute Gasteiger partial charge is 1.00 e. The number of carboxylic acids is 1. The number of nitrogens with zero attached hydrogens (tertiary/aromatic N) is 5. The second-order valence-corrected chi connectivity index (χ2v) is 15.5. The van der Waals surface area contributed by atoms with Crippen molar-refractivity contribution >= 4 is 49.7 Å². The summed E-state index contributed by atoms with van der Waals surface area (Å²) in [7, 11) is 0. The van der Waals surface area contributed by atoms with Crippen LogP contribution < -0.4 is 39.0 Å². The van der Waals surface area contributed by atoms with Crippen molar-refractivity contribution in [2.45, 2.75) is 90.8 Å². The fourth-order valence-electron chi connectivity index (χ4n) is 7.93. The maximum absolute atomic E-state index is 13.2. The number of halogens is 6. The van der Waals surface area contributed by atoms with Gasteiger partial charge in [-0.3, -0.25) is 4.79 Å². The van der Waals surface area contributed by atoms with Crippen LogP contribution in [0.2, 0.25) is 0 Å². The van der Waals surface area contributed by atoms with Crippen LogP contribution in [0, 0.1) is 6.57 Å². The smallest absolute Gasteiger partial charge is 0.870 e. The molecule has 0 radical (unpaired) electrons. The summed E-state index contributed by atoms with van der Waals surface area (Å²) in [5.74, 6) is 0.168. The minimum Gasteiger partial charge on any atom is -0.870 e. The van der Waals surface area contributed by atoms with Crippen molar-refractivity contribution in [3.05, 3.63) is 130 Å². The van der Waals surface area contributed by atoms with Crippen molar-refractivity contribution in [2.75, 3.05) is 13.2 Å². The number of aromatic nitrogens is 4. The first kappa shape index (κ1) is 52.0. The van der Waals surface area contributed by atoms with Crippen LogP contribution in [0.15, 0.2) is 94.2 Å². The standard InChI is InChI=1S/C24H22F3N3O2.C24H23F3N2O4.Na.H2O/c1-3-5-18-21(9-7-19-22(18)32-29-23(19)24(25,26)27)31-13-4-11-30-12-10-17-14-16(15-28-2)6-8-20(17)30;1-2-4-17-20(8-6-18-22(17)33-28-23(18)24(25,26)27)32-12-3-10-29-11-9-16-13-15(14-21(30)31)5-7-19(16)29;;/h6-10,12,14H,3-5,11,13,15H2,1H3;5-9,11,13H,2-4,10,12,14H2,1H3,(H,30,31);;1H2/q;;+1;/p-1. The molecule has 4 aromatic heterocycles. The van der Waals surface area contributed by atoms with E-state index in [1.165, 1.54) is 12.1 Å². The summed E-state index contributed by atoms with van der Waals surface area (Å²) < 4.78 is 105. The SMILES string of the molecule is CCCc1c(OCCCn2ccc3cc(CC(=O)O)ccc32)ccc2c(C(F)(F)F)noc12.[C-]#[N+]Cc1ccc2c(ccn2CCCOc2ccc3c(C(F)(F)F)noc3c2CCC)c1.[Na+].[OH-]. The summed E-state index contributed by atoms with van der Waals surface area (Å²) in [6, 6.07) is 21.4. The monoisotopic (exact) mass is 941 g/mol. The minimum atomic E-state index is -4.58. The van der Waals surface area contributed by atoms with Gasteiger partial charge in [0.05, 0.1) is 30.4 Å². The number of rotatable bonds is 17. The van der Waals surface area contributed by atoms with Crippen LogP contribution in [0.25, 0.3) is 48.6 Å². The predicted octanol–water partition coefficient (Wildman–Crippen LogP) is 9.32. The van der Waals surface area contributed by atoms with Gasteiger partial charge in [-0.25, -0.2) is 6.57 Å². The summed E-state index contributed by atoms with van der Waals surface area (Å²) in [4.78, 5) is 14.3. The third kappa shape index (κ3) is 12.1. The Labute approximate surface area is 402 Å². The molecule has 0 saturated carbocycles. The fraction of sp³-hybridized carbons (Fsp3) is 0.333. The maximum Gasteiger partial charge on any atom is 1.00 e. The molecule has 4 heterocycles. The molecule has 8 rings (SSSR count). The van der Waals surface area contributed by atoms with Crippen molar-refractivity contribution in [3.63, 3.8) is 0 Å². The third-order valence-electron chi connectivity index (χ3n) is 10.8. The van der Waals surface area contributed by atoms with Crippen LogP contribution in [0.5, 0.6) is 11.5 Å². The molecule has 0 atom stereocenters. The van der Waals surface area contributed by atoms with Gasteiger partial charge in [-0.05, 0) is 103 Å². The molecule has 0 aliphatic carbocycles. The molecular formula is C48H46F6N5NaO7. The molecule has 0 bridgehead atoms. The van der Waals surface area contributed by atoms with E-state index in [0.717, 1.165) is 58.7 Å². The average molecular weight is 942 g/mol. The Morgan fingerprint density at radius 2 is 1.15 bits per heavy atom. The quantitative estimate of drug-likeness (QED) is 0.0408. The Morgan fingerprint density at radius 1 is 0.701 bits per heavy atom. The average Bonchev–Trinajstić information content (AvgIpc) is 4.07. The molecule has 8 aromatic rings. The van der Waals surface area contributed by atoms with Gasteiger partial charge in [-0.15, -0.1) is 0 Å². The summed E-state index contributed by atoms with van der Waals surface area (Å²) in [6.07, 6.45) is -1.30. The second-order valence-electron chi connectivity index (χ2n) is 15.5. The van der Waals surface area contributed by atoms with Crippen molar-refractivity contribution in [2.24, 2.45) is 0 Å². The van der Waals surface area contributed by atoms with Crippen LogP contribution in [-0.2, 0) is 56.0 Å². The Morgan fingerprint density at radius 3 is 1.57 bits per heavy atom. The molecule has 2 N–H and O–H groups in total. The van der Waals surface area contributed by atoms with E-state index in [1.807, 2.05) is 74.8 Å². The van der Waals surface area contributed by atoms with Crippen LogP contribution in [0.4, 0.5) is 26.3 Å². The van der Waals surface area contributed by atoms with Gasteiger partial charge in [-0.1, -0.05) is 43.1 Å². The zero-order valence-corrected chi connectivity index (χ0v) is 39.0. The summed E-state index contributed by atoms with van der Waals surface area (Å²) in [6.45, 7) is 13.4. The maximum atomic E-state index is 13.2. The van der Waals surface area contributed by atoms with Crippen molar-refractivity contribution in [1.29, 1.82) is 0 Å². The summed E-state index contributed by atoms with van der Waals surface area (Å²) >= 11 is 0. The van der Waals surface area contributed by atoms with Gasteiger partial charge in [0.25, 0.3) is 0 Å². The number of hydrogen-bond donors (Lipinski definition) is 1. The Hall–Kier alpha value is -6.00. The zero-order valence-electron chi connectivity index (χ0n) is 37.0. The van der Waals surface area contributed by atoms with Gasteiger partial charge >= 0.3 is 47.9 Å². The molecule has 0 unspecified atom stereocenters. The van der Waals surface area contributed by atoms with Gasteiger partial charge in [0.1, 0.15) is 11.5 Å². The molecular weight excluding hydrogens is 896 g/mol. The van der Waals surface area contributed by atoms with Crippen LogP contribution in [0.3, 0.4) is 0 Å². The van der Waals surface area contributed by atoms with Crippen LogP contribution >= 0.6 is 0 Å². The van der Waals surface area contributed by atoms with Gasteiger partial charge in [0.2, 0.25) is 6.54 Å². The number of carboxylic acid groups (broad SMARTS) is 1. The van der Waals surface area contributed by atoms with Crippen molar-refractivity contribution in [1.82, 2.24) is 19.4 Å². The Balaban J connectivity index is 0.000000244. The first-order valence-corrected chi connectivity index (χ1v) is 21.1. The van der Waals surface area contributed by atoms with E-state index < -0.39 is 29.7 Å². The van der Waals surface area contributed by atoms with Crippen LogP contribution in [-0.4, -0.2) is 49.2 Å². The molecule has 12 nitrogen and oxygen atoms in total. The molecule has 19 heteroatoms. The summed E-state index contributed by atoms with van der Waals surface area (Å²) in [5, 5.41) is 17.4. The number of benzene rings is 4. The van der Waals surface area contributed by atoms with E-state index in [4.69, 9.17) is 30.2 Å². The molecule has 0 fully saturated rings. The molecule has 348 valence electrons. The molecule has 0 spiro atoms. The Bertz CT molecular complexity index is 2980. The number of aryl methyl sites for hydroxylation is 4. The number of aliphatic carboxylic acids is 1. The first-order chi connectivity index (χ1) is 31.2. The van der Waals surface area contributed by atoms with E-state index in [0.29, 0.717) is 68.2 Å². The normalized spacial score (nSPS) is 11.6. The van der Waals surface area contributed by atoms with Crippen LogP contribution in [0.1, 0.15) is 73.2 Å². The molecule has 0 aliphatic heterocycles. The van der Waals surface area contributed by atoms with Gasteiger partial charge in [0, 0.05) is 58.6 Å². The summed E-state index contributed by atoms with van der Waals surface area (Å²) in [5.41, 5.74) is 3.28. The van der Waals surface area contributed by atoms with E-state index in [-0.39, 0.29) is 63.4 Å². The number of alkyl halides is 6. The fourth-order valence-corrected chi connectivity index (χ4v) is 7.93. The number of carbonyl (C=O) groups is 1. The number of fused-ring (bicyclic) bond motifs is 4. The van der Waals surface area contributed by atoms with E-state index in [9.17, 15) is 31.1 Å². The second kappa shape index (κ2) is 22.7. The molecule has 4 aromatic carbocycles. The molecule has 0 aliphatic rings. The topological polar surface area (TPSA) is 152 Å². The van der Waals surface area contributed by atoms with E-state index in [2.05, 4.69) is 24.3 Å². The number of hydrogen-bond acceptors (Lipinski definition) is 8. The van der Waals surface area contributed by atoms with E-state index in [1.54, 1.807) is 12.1 Å². The minimum absolute atomic E-state index is 0. The van der Waals surface area contributed by atoms with E-state index >= 15 is 0 Å².